The van der Waals surface area contributed by atoms with Gasteiger partial charge in [0.05, 0.1) is 5.25 Å². The van der Waals surface area contributed by atoms with Gasteiger partial charge in [0.2, 0.25) is 10.8 Å². The van der Waals surface area contributed by atoms with Gasteiger partial charge in [0.25, 0.3) is 5.91 Å². The molecule has 4 nitrogen and oxygen atoms in total. The van der Waals surface area contributed by atoms with Crippen molar-refractivity contribution in [2.24, 2.45) is 0 Å². The van der Waals surface area contributed by atoms with Gasteiger partial charge in [0.15, 0.2) is 0 Å². The summed E-state index contributed by atoms with van der Waals surface area (Å²) in [7, 11) is 0. The van der Waals surface area contributed by atoms with Gasteiger partial charge in [0.1, 0.15) is 0 Å². The van der Waals surface area contributed by atoms with Gasteiger partial charge in [-0.15, -0.1) is 11.8 Å². The normalized spacial score (nSPS) is 25.3. The minimum Gasteiger partial charge on any atom is -0.323 e. The molecule has 0 radical (unpaired) electrons. The molecule has 24 heavy (non-hydrogen) atoms. The molecule has 6 heteroatoms. The number of amides is 2. The number of para-hydroxylation sites is 1. The highest BCUT2D eigenvalue weighted by Gasteiger charge is 2.60. The number of anilines is 2. The molecule has 0 bridgehead atoms. The zero-order valence-electron chi connectivity index (χ0n) is 13.2. The quantitative estimate of drug-likeness (QED) is 0.782. The van der Waals surface area contributed by atoms with Gasteiger partial charge < -0.3 is 5.32 Å². The number of benzene rings is 2. The Bertz CT molecular complexity index is 885. The smallest absolute Gasteiger partial charge is 0.266 e. The average Bonchev–Trinajstić information content (AvgIpc) is 2.98. The highest BCUT2D eigenvalue weighted by Crippen LogP contribution is 2.56. The molecule has 0 aliphatic carbocycles. The lowest BCUT2D eigenvalue weighted by Crippen LogP contribution is -2.47. The summed E-state index contributed by atoms with van der Waals surface area (Å²) < 4.78 is 0.916. The molecule has 0 aromatic heterocycles. The number of thioether (sulfide) groups is 1. The van der Waals surface area contributed by atoms with Gasteiger partial charge in [-0.2, -0.15) is 0 Å². The second-order valence-electron chi connectivity index (χ2n) is 6.01. The van der Waals surface area contributed by atoms with Crippen LogP contribution in [0, 0.1) is 6.92 Å². The van der Waals surface area contributed by atoms with E-state index in [1.54, 1.807) is 4.90 Å². The Kier molecular flexibility index (Phi) is 3.51. The summed E-state index contributed by atoms with van der Waals surface area (Å²) in [6, 6.07) is 13.3. The molecular weight excluding hydrogens is 388 g/mol. The lowest BCUT2D eigenvalue weighted by Gasteiger charge is -2.32. The maximum Gasteiger partial charge on any atom is 0.266 e. The van der Waals surface area contributed by atoms with Crippen molar-refractivity contribution in [3.63, 3.8) is 0 Å². The molecule has 4 rings (SSSR count). The molecule has 1 fully saturated rings. The number of hydrogen-bond acceptors (Lipinski definition) is 3. The Morgan fingerprint density at radius 2 is 1.96 bits per heavy atom. The maximum absolute atomic E-state index is 12.9. The van der Waals surface area contributed by atoms with Crippen LogP contribution in [0.5, 0.6) is 0 Å². The summed E-state index contributed by atoms with van der Waals surface area (Å²) in [6.45, 7) is 3.84. The average molecular weight is 403 g/mol. The van der Waals surface area contributed by atoms with Crippen molar-refractivity contribution in [2.75, 3.05) is 10.2 Å². The molecule has 2 heterocycles. The molecule has 2 aliphatic heterocycles. The number of fused-ring (bicyclic) bond motifs is 2. The van der Waals surface area contributed by atoms with Crippen LogP contribution in [-0.4, -0.2) is 17.1 Å². The van der Waals surface area contributed by atoms with Crippen LogP contribution in [0.2, 0.25) is 0 Å². The van der Waals surface area contributed by atoms with Crippen molar-refractivity contribution < 1.29 is 9.59 Å². The standard InChI is InChI=1S/C18H15BrN2O2S/c1-10-7-8-12(9-14(10)19)21-16(22)11(2)24-18(21)13-5-3-4-6-15(13)20-17(18)23/h3-9,11H,1-2H3,(H,20,23)/t11-,18+/m1/s1. The number of carbonyl (C=O) groups excluding carboxylic acids is 2. The summed E-state index contributed by atoms with van der Waals surface area (Å²) >= 11 is 4.92. The number of nitrogens with zero attached hydrogens (tertiary/aromatic N) is 1. The number of halogens is 1. The van der Waals surface area contributed by atoms with E-state index in [1.807, 2.05) is 56.3 Å². The van der Waals surface area contributed by atoms with E-state index in [0.717, 1.165) is 27.0 Å². The van der Waals surface area contributed by atoms with Crippen molar-refractivity contribution in [3.8, 4) is 0 Å². The lowest BCUT2D eigenvalue weighted by atomic mass is 10.0. The second-order valence-corrected chi connectivity index (χ2v) is 8.40. The number of carbonyl (C=O) groups is 2. The molecule has 1 N–H and O–H groups in total. The zero-order chi connectivity index (χ0) is 17.1. The van der Waals surface area contributed by atoms with E-state index in [1.165, 1.54) is 11.8 Å². The fraction of sp³-hybridized carbons (Fsp3) is 0.222. The molecule has 2 aromatic carbocycles. The van der Waals surface area contributed by atoms with Crippen LogP contribution >= 0.6 is 27.7 Å². The molecule has 0 unspecified atom stereocenters. The second kappa shape index (κ2) is 5.36. The predicted octanol–water partition coefficient (Wildman–Crippen LogP) is 4.03. The van der Waals surface area contributed by atoms with E-state index in [4.69, 9.17) is 0 Å². The largest absolute Gasteiger partial charge is 0.323 e. The number of aryl methyl sites for hydroxylation is 1. The first-order valence-electron chi connectivity index (χ1n) is 7.64. The molecule has 2 atom stereocenters. The number of nitrogens with one attached hydrogen (secondary N) is 1. The molecule has 1 saturated heterocycles. The number of rotatable bonds is 1. The van der Waals surface area contributed by atoms with E-state index < -0.39 is 4.87 Å². The Balaban J connectivity index is 1.95. The van der Waals surface area contributed by atoms with Gasteiger partial charge in [-0.3, -0.25) is 14.5 Å². The SMILES string of the molecule is Cc1ccc(N2C(=O)[C@@H](C)S[C@@]23C(=O)Nc2ccccc23)cc1Br. The summed E-state index contributed by atoms with van der Waals surface area (Å²) in [5, 5.41) is 2.64. The van der Waals surface area contributed by atoms with E-state index >= 15 is 0 Å². The van der Waals surface area contributed by atoms with Crippen molar-refractivity contribution in [1.29, 1.82) is 0 Å². The molecular formula is C18H15BrN2O2S. The zero-order valence-corrected chi connectivity index (χ0v) is 15.6. The van der Waals surface area contributed by atoms with Crippen LogP contribution in [0.1, 0.15) is 18.1 Å². The molecule has 0 saturated carbocycles. The van der Waals surface area contributed by atoms with E-state index in [0.29, 0.717) is 0 Å². The lowest BCUT2D eigenvalue weighted by molar-refractivity contribution is -0.122. The minimum absolute atomic E-state index is 0.0531. The maximum atomic E-state index is 12.9. The number of hydrogen-bond donors (Lipinski definition) is 1. The fourth-order valence-corrected chi connectivity index (χ4v) is 5.13. The third-order valence-corrected chi connectivity index (χ3v) is 6.83. The van der Waals surface area contributed by atoms with Crippen LogP contribution < -0.4 is 10.2 Å². The Morgan fingerprint density at radius 1 is 1.21 bits per heavy atom. The van der Waals surface area contributed by atoms with Crippen LogP contribution in [0.3, 0.4) is 0 Å². The van der Waals surface area contributed by atoms with Crippen molar-refractivity contribution in [2.45, 2.75) is 24.0 Å². The Labute approximate surface area is 152 Å². The fourth-order valence-electron chi connectivity index (χ4n) is 3.28. The molecule has 2 amide bonds. The van der Waals surface area contributed by atoms with Crippen molar-refractivity contribution in [1.82, 2.24) is 0 Å². The van der Waals surface area contributed by atoms with E-state index in [2.05, 4.69) is 21.2 Å². The van der Waals surface area contributed by atoms with Crippen LogP contribution in [0.15, 0.2) is 46.9 Å². The summed E-state index contributed by atoms with van der Waals surface area (Å²) in [5.74, 6) is -0.217. The third kappa shape index (κ3) is 1.99. The van der Waals surface area contributed by atoms with Crippen molar-refractivity contribution >= 4 is 50.9 Å². The van der Waals surface area contributed by atoms with E-state index in [9.17, 15) is 9.59 Å². The van der Waals surface area contributed by atoms with Gasteiger partial charge in [-0.1, -0.05) is 40.2 Å². The van der Waals surface area contributed by atoms with Crippen LogP contribution in [0.4, 0.5) is 11.4 Å². The molecule has 1 spiro atoms. The van der Waals surface area contributed by atoms with Crippen LogP contribution in [-0.2, 0) is 14.5 Å². The monoisotopic (exact) mass is 402 g/mol. The van der Waals surface area contributed by atoms with Crippen molar-refractivity contribution in [3.05, 3.63) is 58.1 Å². The molecule has 2 aromatic rings. The van der Waals surface area contributed by atoms with Gasteiger partial charge in [-0.05, 0) is 37.6 Å². The van der Waals surface area contributed by atoms with Crippen LogP contribution in [0.25, 0.3) is 0 Å². The summed E-state index contributed by atoms with van der Waals surface area (Å²) in [4.78, 5) is 26.5. The highest BCUT2D eigenvalue weighted by atomic mass is 79.9. The Hall–Kier alpha value is -1.79. The first-order chi connectivity index (χ1) is 11.4. The third-order valence-electron chi connectivity index (χ3n) is 4.49. The summed E-state index contributed by atoms with van der Waals surface area (Å²) in [5.41, 5.74) is 3.42. The van der Waals surface area contributed by atoms with Gasteiger partial charge in [-0.25, -0.2) is 0 Å². The van der Waals surface area contributed by atoms with Gasteiger partial charge >= 0.3 is 0 Å². The minimum atomic E-state index is -1.04. The molecule has 122 valence electrons. The summed E-state index contributed by atoms with van der Waals surface area (Å²) in [6.07, 6.45) is 0. The Morgan fingerprint density at radius 3 is 2.71 bits per heavy atom. The molecule has 2 aliphatic rings. The predicted molar refractivity (Wildman–Crippen MR) is 100 cm³/mol. The first-order valence-corrected chi connectivity index (χ1v) is 9.31. The topological polar surface area (TPSA) is 49.4 Å². The first kappa shape index (κ1) is 15.7. The van der Waals surface area contributed by atoms with E-state index in [-0.39, 0.29) is 17.1 Å². The highest BCUT2D eigenvalue weighted by molar-refractivity contribution is 9.10. The van der Waals surface area contributed by atoms with Gasteiger partial charge in [0, 0.05) is 21.4 Å².